The van der Waals surface area contributed by atoms with E-state index in [1.165, 1.54) is 17.4 Å². The third-order valence-corrected chi connectivity index (χ3v) is 5.07. The van der Waals surface area contributed by atoms with Gasteiger partial charge < -0.3 is 0 Å². The summed E-state index contributed by atoms with van der Waals surface area (Å²) >= 11 is 19.2. The third kappa shape index (κ3) is 5.65. The van der Waals surface area contributed by atoms with Gasteiger partial charge in [-0.25, -0.2) is 4.98 Å². The van der Waals surface area contributed by atoms with Gasteiger partial charge in [0, 0.05) is 20.3 Å². The molecule has 27 heavy (non-hydrogen) atoms. The molecular formula is C19H12Cl3N3OS. The van der Waals surface area contributed by atoms with Crippen LogP contribution >= 0.6 is 46.1 Å². The van der Waals surface area contributed by atoms with Crippen LogP contribution in [0.5, 0.6) is 0 Å². The van der Waals surface area contributed by atoms with Gasteiger partial charge in [-0.3, -0.25) is 10.2 Å². The molecule has 0 atom stereocenters. The van der Waals surface area contributed by atoms with E-state index in [2.05, 4.69) is 15.5 Å². The van der Waals surface area contributed by atoms with Crippen molar-refractivity contribution < 1.29 is 4.79 Å². The summed E-state index contributed by atoms with van der Waals surface area (Å²) in [5.74, 6) is 0.370. The predicted molar refractivity (Wildman–Crippen MR) is 115 cm³/mol. The zero-order valence-electron chi connectivity index (χ0n) is 13.7. The number of aromatic nitrogens is 1. The monoisotopic (exact) mass is 435 g/mol. The van der Waals surface area contributed by atoms with E-state index in [4.69, 9.17) is 34.8 Å². The van der Waals surface area contributed by atoms with Gasteiger partial charge in [-0.15, -0.1) is 11.3 Å². The highest BCUT2D eigenvalue weighted by atomic mass is 35.5. The van der Waals surface area contributed by atoms with Gasteiger partial charge in [-0.05, 0) is 54.6 Å². The van der Waals surface area contributed by atoms with Crippen LogP contribution in [-0.2, 0) is 0 Å². The first-order chi connectivity index (χ1) is 13.0. The molecule has 0 amide bonds. The van der Waals surface area contributed by atoms with E-state index < -0.39 is 0 Å². The average Bonchev–Trinajstić information content (AvgIpc) is 3.07. The summed E-state index contributed by atoms with van der Waals surface area (Å²) in [4.78, 5) is 18.2. The second-order valence-corrected chi connectivity index (χ2v) is 7.66. The number of thiophene rings is 1. The Bertz CT molecular complexity index is 1030. The Morgan fingerprint density at radius 1 is 1.07 bits per heavy atom. The highest BCUT2D eigenvalue weighted by Gasteiger charge is 2.07. The lowest BCUT2D eigenvalue weighted by Gasteiger charge is -1.99. The summed E-state index contributed by atoms with van der Waals surface area (Å²) in [5, 5.41) is 5.34. The lowest BCUT2D eigenvalue weighted by atomic mass is 10.1. The van der Waals surface area contributed by atoms with Crippen molar-refractivity contribution >= 4 is 70.0 Å². The van der Waals surface area contributed by atoms with Crippen molar-refractivity contribution in [1.29, 1.82) is 0 Å². The molecule has 2 heterocycles. The summed E-state index contributed by atoms with van der Waals surface area (Å²) in [6.45, 7) is 0. The van der Waals surface area contributed by atoms with Crippen molar-refractivity contribution in [2.24, 2.45) is 5.10 Å². The Balaban J connectivity index is 1.62. The van der Waals surface area contributed by atoms with Gasteiger partial charge in [0.2, 0.25) is 0 Å². The van der Waals surface area contributed by atoms with Gasteiger partial charge >= 0.3 is 0 Å². The molecule has 0 unspecified atom stereocenters. The zero-order valence-corrected chi connectivity index (χ0v) is 16.8. The first-order valence-electron chi connectivity index (χ1n) is 7.70. The highest BCUT2D eigenvalue weighted by molar-refractivity contribution is 7.14. The first kappa shape index (κ1) is 19.6. The van der Waals surface area contributed by atoms with Crippen molar-refractivity contribution in [3.63, 3.8) is 0 Å². The summed E-state index contributed by atoms with van der Waals surface area (Å²) in [7, 11) is 0. The van der Waals surface area contributed by atoms with E-state index >= 15 is 0 Å². The fraction of sp³-hybridized carbons (Fsp3) is 0. The van der Waals surface area contributed by atoms with Gasteiger partial charge in [-0.2, -0.15) is 5.10 Å². The Kier molecular flexibility index (Phi) is 6.63. The maximum Gasteiger partial charge on any atom is 0.187 e. The Labute approximate surface area is 175 Å². The summed E-state index contributed by atoms with van der Waals surface area (Å²) < 4.78 is 0. The number of halogens is 3. The number of hydrogen-bond acceptors (Lipinski definition) is 5. The van der Waals surface area contributed by atoms with Crippen LogP contribution in [-0.4, -0.2) is 17.0 Å². The minimum absolute atomic E-state index is 0.186. The van der Waals surface area contributed by atoms with Crippen LogP contribution in [0.15, 0.2) is 59.7 Å². The minimum Gasteiger partial charge on any atom is -0.289 e. The zero-order chi connectivity index (χ0) is 19.2. The number of anilines is 1. The highest BCUT2D eigenvalue weighted by Crippen LogP contribution is 2.22. The lowest BCUT2D eigenvalue weighted by Crippen LogP contribution is -1.94. The van der Waals surface area contributed by atoms with Crippen molar-refractivity contribution in [1.82, 2.24) is 4.98 Å². The molecule has 1 aromatic carbocycles. The number of pyridine rings is 1. The number of hydrogen-bond donors (Lipinski definition) is 1. The van der Waals surface area contributed by atoms with Crippen molar-refractivity contribution in [2.45, 2.75) is 0 Å². The van der Waals surface area contributed by atoms with Crippen molar-refractivity contribution in [3.8, 4) is 0 Å². The van der Waals surface area contributed by atoms with Crippen molar-refractivity contribution in [2.75, 3.05) is 5.43 Å². The SMILES string of the molecule is O=C(C=Cc1ccc(C=NNc2cccc(Cl)n2)s1)c1ccc(Cl)cc1Cl. The van der Waals surface area contributed by atoms with Crippen LogP contribution in [0.4, 0.5) is 5.82 Å². The Hall–Kier alpha value is -2.18. The smallest absolute Gasteiger partial charge is 0.187 e. The van der Waals surface area contributed by atoms with E-state index in [-0.39, 0.29) is 5.78 Å². The Morgan fingerprint density at radius 3 is 2.67 bits per heavy atom. The van der Waals surface area contributed by atoms with Gasteiger partial charge in [0.05, 0.1) is 11.2 Å². The second-order valence-electron chi connectivity index (χ2n) is 5.28. The predicted octanol–water partition coefficient (Wildman–Crippen LogP) is 6.45. The van der Waals surface area contributed by atoms with E-state index in [0.717, 1.165) is 9.75 Å². The number of benzene rings is 1. The summed E-state index contributed by atoms with van der Waals surface area (Å²) in [6, 6.07) is 13.8. The number of allylic oxidation sites excluding steroid dienone is 1. The number of hydrazone groups is 1. The topological polar surface area (TPSA) is 54.4 Å². The second kappa shape index (κ2) is 9.15. The van der Waals surface area contributed by atoms with Crippen LogP contribution in [0.1, 0.15) is 20.1 Å². The Morgan fingerprint density at radius 2 is 1.89 bits per heavy atom. The molecule has 8 heteroatoms. The molecule has 0 aliphatic rings. The molecule has 0 aliphatic heterocycles. The lowest BCUT2D eigenvalue weighted by molar-refractivity contribution is 0.104. The number of rotatable bonds is 6. The molecule has 0 aliphatic carbocycles. The van der Waals surface area contributed by atoms with E-state index in [1.54, 1.807) is 48.7 Å². The molecule has 0 fully saturated rings. The molecule has 3 rings (SSSR count). The van der Waals surface area contributed by atoms with E-state index in [9.17, 15) is 4.79 Å². The van der Waals surface area contributed by atoms with Gasteiger partial charge in [-0.1, -0.05) is 40.9 Å². The third-order valence-electron chi connectivity index (χ3n) is 3.33. The van der Waals surface area contributed by atoms with E-state index in [1.807, 2.05) is 12.1 Å². The van der Waals surface area contributed by atoms with Gasteiger partial charge in [0.25, 0.3) is 0 Å². The van der Waals surface area contributed by atoms with Crippen LogP contribution in [0.2, 0.25) is 15.2 Å². The summed E-state index contributed by atoms with van der Waals surface area (Å²) in [5.41, 5.74) is 3.22. The fourth-order valence-corrected chi connectivity index (χ4v) is 3.55. The number of nitrogens with one attached hydrogen (secondary N) is 1. The van der Waals surface area contributed by atoms with Crippen LogP contribution in [0.25, 0.3) is 6.08 Å². The largest absolute Gasteiger partial charge is 0.289 e. The molecule has 4 nitrogen and oxygen atoms in total. The number of carbonyl (C=O) groups excluding carboxylic acids is 1. The number of ketones is 1. The molecule has 0 spiro atoms. The van der Waals surface area contributed by atoms with Crippen LogP contribution in [0, 0.1) is 0 Å². The minimum atomic E-state index is -0.186. The molecular weight excluding hydrogens is 425 g/mol. The maximum atomic E-state index is 12.2. The van der Waals surface area contributed by atoms with Gasteiger partial charge in [0.15, 0.2) is 5.78 Å². The summed E-state index contributed by atoms with van der Waals surface area (Å²) in [6.07, 6.45) is 4.89. The molecule has 0 radical (unpaired) electrons. The van der Waals surface area contributed by atoms with Crippen LogP contribution < -0.4 is 5.43 Å². The number of nitrogens with zero attached hydrogens (tertiary/aromatic N) is 2. The standard InChI is InChI=1S/C19H12Cl3N3OS/c20-12-4-8-15(16(21)10-12)17(26)9-7-13-5-6-14(27-13)11-23-25-19-3-1-2-18(22)24-19/h1-11H,(H,24,25). The quantitative estimate of drug-likeness (QED) is 0.159. The molecule has 3 aromatic rings. The first-order valence-corrected chi connectivity index (χ1v) is 9.65. The molecule has 136 valence electrons. The average molecular weight is 437 g/mol. The van der Waals surface area contributed by atoms with E-state index in [0.29, 0.717) is 26.6 Å². The molecule has 0 saturated carbocycles. The number of carbonyl (C=O) groups is 1. The molecule has 2 aromatic heterocycles. The maximum absolute atomic E-state index is 12.2. The van der Waals surface area contributed by atoms with Crippen molar-refractivity contribution in [3.05, 3.63) is 85.1 Å². The van der Waals surface area contributed by atoms with Gasteiger partial charge in [0.1, 0.15) is 11.0 Å². The molecule has 0 saturated heterocycles. The fourth-order valence-electron chi connectivity index (χ4n) is 2.10. The normalized spacial score (nSPS) is 11.4. The molecule has 0 bridgehead atoms. The van der Waals surface area contributed by atoms with Crippen LogP contribution in [0.3, 0.4) is 0 Å². The molecule has 1 N–H and O–H groups in total.